The van der Waals surface area contributed by atoms with E-state index in [9.17, 15) is 13.2 Å². The Morgan fingerprint density at radius 2 is 1.85 bits per heavy atom. The van der Waals surface area contributed by atoms with Crippen LogP contribution in [-0.4, -0.2) is 23.7 Å². The molecule has 20 heavy (non-hydrogen) atoms. The second-order valence-corrected chi connectivity index (χ2v) is 5.26. The van der Waals surface area contributed by atoms with E-state index in [1.807, 2.05) is 6.92 Å². The Kier molecular flexibility index (Phi) is 6.20. The Morgan fingerprint density at radius 3 is 2.40 bits per heavy atom. The molecule has 0 aromatic carbocycles. The van der Waals surface area contributed by atoms with E-state index in [0.717, 1.165) is 6.42 Å². The number of nitrogens with one attached hydrogen (secondary N) is 2. The van der Waals surface area contributed by atoms with Gasteiger partial charge in [-0.3, -0.25) is 0 Å². The SMILES string of the molecule is CCCNc1nc(NC(C)CC(F)(F)F)c(Cl)cc1Cl. The molecule has 1 aromatic rings. The molecule has 3 nitrogen and oxygen atoms in total. The van der Waals surface area contributed by atoms with Crippen molar-refractivity contribution in [2.45, 2.75) is 38.9 Å². The highest BCUT2D eigenvalue weighted by Gasteiger charge is 2.30. The van der Waals surface area contributed by atoms with Crippen LogP contribution in [0.5, 0.6) is 0 Å². The highest BCUT2D eigenvalue weighted by atomic mass is 35.5. The lowest BCUT2D eigenvalue weighted by molar-refractivity contribution is -0.136. The predicted octanol–water partition coefficient (Wildman–Crippen LogP) is 4.96. The topological polar surface area (TPSA) is 37.0 Å². The first-order valence-electron chi connectivity index (χ1n) is 6.16. The van der Waals surface area contributed by atoms with E-state index in [4.69, 9.17) is 23.2 Å². The van der Waals surface area contributed by atoms with Crippen LogP contribution in [0.1, 0.15) is 26.7 Å². The molecule has 0 bridgehead atoms. The molecule has 1 heterocycles. The molecular formula is C12H16Cl2F3N3. The van der Waals surface area contributed by atoms with Gasteiger partial charge in [0, 0.05) is 12.6 Å². The van der Waals surface area contributed by atoms with E-state index >= 15 is 0 Å². The van der Waals surface area contributed by atoms with Gasteiger partial charge in [0.2, 0.25) is 0 Å². The Hall–Kier alpha value is -0.880. The highest BCUT2D eigenvalue weighted by molar-refractivity contribution is 6.37. The standard InChI is InChI=1S/C12H16Cl2F3N3/c1-3-4-18-10-8(13)5-9(14)11(20-10)19-7(2)6-12(15,16)17/h5,7H,3-4,6H2,1-2H3,(H2,18,19,20). The van der Waals surface area contributed by atoms with Gasteiger partial charge in [0.1, 0.15) is 11.6 Å². The van der Waals surface area contributed by atoms with Crippen LogP contribution in [0.3, 0.4) is 0 Å². The molecule has 8 heteroatoms. The summed E-state index contributed by atoms with van der Waals surface area (Å²) in [6.45, 7) is 4.05. The number of hydrogen-bond donors (Lipinski definition) is 2. The average Bonchev–Trinajstić information content (AvgIpc) is 2.28. The predicted molar refractivity (Wildman–Crippen MR) is 76.8 cm³/mol. The van der Waals surface area contributed by atoms with Crippen LogP contribution in [0, 0.1) is 0 Å². The zero-order valence-electron chi connectivity index (χ0n) is 11.1. The molecule has 0 aliphatic rings. The van der Waals surface area contributed by atoms with Gasteiger partial charge in [-0.05, 0) is 19.4 Å². The van der Waals surface area contributed by atoms with Crippen molar-refractivity contribution in [1.29, 1.82) is 0 Å². The third-order valence-corrected chi connectivity index (χ3v) is 2.97. The monoisotopic (exact) mass is 329 g/mol. The van der Waals surface area contributed by atoms with Crippen molar-refractivity contribution < 1.29 is 13.2 Å². The minimum Gasteiger partial charge on any atom is -0.369 e. The molecule has 0 aliphatic heterocycles. The number of hydrogen-bond acceptors (Lipinski definition) is 3. The number of nitrogens with zero attached hydrogens (tertiary/aromatic N) is 1. The van der Waals surface area contributed by atoms with Crippen LogP contribution in [0.4, 0.5) is 24.8 Å². The van der Waals surface area contributed by atoms with Gasteiger partial charge in [0.05, 0.1) is 16.5 Å². The van der Waals surface area contributed by atoms with Gasteiger partial charge < -0.3 is 10.6 Å². The molecule has 1 aromatic heterocycles. The second-order valence-electron chi connectivity index (χ2n) is 4.44. The third kappa shape index (κ3) is 5.63. The second kappa shape index (κ2) is 7.22. The summed E-state index contributed by atoms with van der Waals surface area (Å²) in [6.07, 6.45) is -4.34. The van der Waals surface area contributed by atoms with Gasteiger partial charge in [0.25, 0.3) is 0 Å². The summed E-state index contributed by atoms with van der Waals surface area (Å²) in [5.74, 6) is 0.589. The fourth-order valence-electron chi connectivity index (χ4n) is 1.57. The summed E-state index contributed by atoms with van der Waals surface area (Å²) < 4.78 is 36.9. The van der Waals surface area contributed by atoms with Gasteiger partial charge in [-0.15, -0.1) is 0 Å². The molecule has 0 radical (unpaired) electrons. The molecule has 1 atom stereocenters. The third-order valence-electron chi connectivity index (χ3n) is 2.39. The van der Waals surface area contributed by atoms with Crippen LogP contribution in [0.15, 0.2) is 6.07 Å². The fraction of sp³-hybridized carbons (Fsp3) is 0.583. The molecule has 2 N–H and O–H groups in total. The Labute approximate surface area is 125 Å². The van der Waals surface area contributed by atoms with Crippen molar-refractivity contribution in [2.75, 3.05) is 17.2 Å². The number of pyridine rings is 1. The smallest absolute Gasteiger partial charge is 0.369 e. The number of rotatable bonds is 6. The van der Waals surface area contributed by atoms with Crippen molar-refractivity contribution in [3.8, 4) is 0 Å². The summed E-state index contributed by atoms with van der Waals surface area (Å²) >= 11 is 11.9. The molecule has 0 fully saturated rings. The maximum absolute atomic E-state index is 12.3. The summed E-state index contributed by atoms with van der Waals surface area (Å²) in [6, 6.07) is 0.622. The molecule has 0 spiro atoms. The largest absolute Gasteiger partial charge is 0.391 e. The lowest BCUT2D eigenvalue weighted by Gasteiger charge is -2.18. The summed E-state index contributed by atoms with van der Waals surface area (Å²) in [5.41, 5.74) is 0. The Bertz CT molecular complexity index is 452. The highest BCUT2D eigenvalue weighted by Crippen LogP contribution is 2.31. The number of halogens is 5. The van der Waals surface area contributed by atoms with Crippen LogP contribution < -0.4 is 10.6 Å². The van der Waals surface area contributed by atoms with E-state index in [2.05, 4.69) is 15.6 Å². The number of anilines is 2. The normalized spacial score (nSPS) is 13.2. The molecule has 0 aliphatic carbocycles. The van der Waals surface area contributed by atoms with E-state index < -0.39 is 18.6 Å². The summed E-state index contributed by atoms with van der Waals surface area (Å²) in [5, 5.41) is 6.15. The van der Waals surface area contributed by atoms with E-state index in [1.165, 1.54) is 13.0 Å². The quantitative estimate of drug-likeness (QED) is 0.774. The van der Waals surface area contributed by atoms with Crippen molar-refractivity contribution in [1.82, 2.24) is 4.98 Å². The van der Waals surface area contributed by atoms with Crippen molar-refractivity contribution in [3.05, 3.63) is 16.1 Å². The van der Waals surface area contributed by atoms with Crippen molar-refractivity contribution in [2.24, 2.45) is 0 Å². The Morgan fingerprint density at radius 1 is 1.25 bits per heavy atom. The minimum absolute atomic E-state index is 0.186. The molecule has 0 amide bonds. The minimum atomic E-state index is -4.24. The van der Waals surface area contributed by atoms with E-state index in [0.29, 0.717) is 17.4 Å². The molecular weight excluding hydrogens is 314 g/mol. The zero-order chi connectivity index (χ0) is 15.3. The number of aromatic nitrogens is 1. The molecule has 0 saturated heterocycles. The van der Waals surface area contributed by atoms with Crippen LogP contribution in [0.2, 0.25) is 10.0 Å². The Balaban J connectivity index is 2.83. The van der Waals surface area contributed by atoms with Crippen LogP contribution >= 0.6 is 23.2 Å². The van der Waals surface area contributed by atoms with Gasteiger partial charge in [-0.2, -0.15) is 13.2 Å². The van der Waals surface area contributed by atoms with E-state index in [1.54, 1.807) is 0 Å². The molecule has 0 saturated carbocycles. The summed E-state index contributed by atoms with van der Waals surface area (Å²) in [4.78, 5) is 4.13. The van der Waals surface area contributed by atoms with Gasteiger partial charge >= 0.3 is 6.18 Å². The molecule has 1 rings (SSSR count). The fourth-order valence-corrected chi connectivity index (χ4v) is 2.05. The summed E-state index contributed by atoms with van der Waals surface area (Å²) in [7, 11) is 0. The number of alkyl halides is 3. The first-order valence-corrected chi connectivity index (χ1v) is 6.91. The van der Waals surface area contributed by atoms with Gasteiger partial charge in [-0.1, -0.05) is 30.1 Å². The van der Waals surface area contributed by atoms with Gasteiger partial charge in [-0.25, -0.2) is 4.98 Å². The molecule has 1 unspecified atom stereocenters. The first kappa shape index (κ1) is 17.2. The lowest BCUT2D eigenvalue weighted by Crippen LogP contribution is -2.24. The van der Waals surface area contributed by atoms with Gasteiger partial charge in [0.15, 0.2) is 0 Å². The average molecular weight is 330 g/mol. The van der Waals surface area contributed by atoms with Crippen molar-refractivity contribution >= 4 is 34.8 Å². The molecule has 114 valence electrons. The zero-order valence-corrected chi connectivity index (χ0v) is 12.6. The maximum atomic E-state index is 12.3. The maximum Gasteiger partial charge on any atom is 0.391 e. The van der Waals surface area contributed by atoms with Crippen LogP contribution in [-0.2, 0) is 0 Å². The lowest BCUT2D eigenvalue weighted by atomic mass is 10.2. The first-order chi connectivity index (χ1) is 9.23. The van der Waals surface area contributed by atoms with Crippen molar-refractivity contribution in [3.63, 3.8) is 0 Å². The van der Waals surface area contributed by atoms with Crippen LogP contribution in [0.25, 0.3) is 0 Å². The van der Waals surface area contributed by atoms with E-state index in [-0.39, 0.29) is 10.8 Å².